The van der Waals surface area contributed by atoms with E-state index < -0.39 is 0 Å². The van der Waals surface area contributed by atoms with E-state index in [0.717, 1.165) is 11.3 Å². The van der Waals surface area contributed by atoms with Crippen LogP contribution >= 0.6 is 11.6 Å². The Balaban J connectivity index is 2.82. The maximum Gasteiger partial charge on any atom is 0.229 e. The molecule has 1 unspecified atom stereocenters. The lowest BCUT2D eigenvalue weighted by Gasteiger charge is -2.20. The zero-order valence-corrected chi connectivity index (χ0v) is 12.1. The molecule has 1 atom stereocenters. The third-order valence-electron chi connectivity index (χ3n) is 3.09. The van der Waals surface area contributed by atoms with Crippen molar-refractivity contribution in [3.8, 4) is 0 Å². The van der Waals surface area contributed by atoms with Crippen molar-refractivity contribution in [3.05, 3.63) is 28.8 Å². The van der Waals surface area contributed by atoms with Gasteiger partial charge in [0.2, 0.25) is 5.91 Å². The van der Waals surface area contributed by atoms with Gasteiger partial charge in [-0.15, -0.1) is 0 Å². The van der Waals surface area contributed by atoms with E-state index in [1.54, 1.807) is 0 Å². The van der Waals surface area contributed by atoms with E-state index in [0.29, 0.717) is 11.6 Å². The van der Waals surface area contributed by atoms with Crippen LogP contribution in [0.4, 0.5) is 5.69 Å². The van der Waals surface area contributed by atoms with Gasteiger partial charge in [-0.2, -0.15) is 0 Å². The van der Waals surface area contributed by atoms with Gasteiger partial charge in [0.05, 0.1) is 5.92 Å². The molecule has 0 aliphatic carbocycles. The van der Waals surface area contributed by atoms with Gasteiger partial charge >= 0.3 is 0 Å². The standard InChI is InChI=1S/C14H21ClN2O/c1-9(2)11(8-16-4)14(18)17-13-7-5-6-12(15)10(13)3/h5-7,9,11,16H,8H2,1-4H3,(H,17,18). The Morgan fingerprint density at radius 2 is 2.06 bits per heavy atom. The average molecular weight is 269 g/mol. The Hall–Kier alpha value is -1.06. The first kappa shape index (κ1) is 15.0. The highest BCUT2D eigenvalue weighted by Crippen LogP contribution is 2.24. The van der Waals surface area contributed by atoms with E-state index in [2.05, 4.69) is 10.6 Å². The molecule has 0 saturated heterocycles. The molecule has 1 amide bonds. The summed E-state index contributed by atoms with van der Waals surface area (Å²) in [4.78, 5) is 12.2. The van der Waals surface area contributed by atoms with Gasteiger partial charge < -0.3 is 10.6 Å². The van der Waals surface area contributed by atoms with Gasteiger partial charge in [0.1, 0.15) is 0 Å². The summed E-state index contributed by atoms with van der Waals surface area (Å²) >= 11 is 6.04. The van der Waals surface area contributed by atoms with E-state index >= 15 is 0 Å². The minimum atomic E-state index is -0.0478. The van der Waals surface area contributed by atoms with Crippen molar-refractivity contribution in [1.82, 2.24) is 5.32 Å². The molecule has 2 N–H and O–H groups in total. The molecule has 0 aliphatic rings. The van der Waals surface area contributed by atoms with Gasteiger partial charge in [-0.3, -0.25) is 4.79 Å². The number of halogens is 1. The van der Waals surface area contributed by atoms with Gasteiger partial charge in [-0.1, -0.05) is 31.5 Å². The number of rotatable bonds is 5. The summed E-state index contributed by atoms with van der Waals surface area (Å²) < 4.78 is 0. The first-order chi connectivity index (χ1) is 8.47. The number of carbonyl (C=O) groups is 1. The zero-order valence-electron chi connectivity index (χ0n) is 11.4. The normalized spacial score (nSPS) is 12.6. The van der Waals surface area contributed by atoms with E-state index in [-0.39, 0.29) is 17.7 Å². The van der Waals surface area contributed by atoms with Crippen LogP contribution in [0.1, 0.15) is 19.4 Å². The van der Waals surface area contributed by atoms with Crippen LogP contribution in [0, 0.1) is 18.8 Å². The van der Waals surface area contributed by atoms with Crippen molar-refractivity contribution in [2.45, 2.75) is 20.8 Å². The number of carbonyl (C=O) groups excluding carboxylic acids is 1. The maximum absolute atomic E-state index is 12.2. The Morgan fingerprint density at radius 1 is 1.39 bits per heavy atom. The number of nitrogens with one attached hydrogen (secondary N) is 2. The predicted octanol–water partition coefficient (Wildman–Crippen LogP) is 3.08. The fourth-order valence-corrected chi connectivity index (χ4v) is 1.99. The second-order valence-corrected chi connectivity index (χ2v) is 5.22. The molecule has 1 aromatic rings. The van der Waals surface area contributed by atoms with Crippen LogP contribution < -0.4 is 10.6 Å². The largest absolute Gasteiger partial charge is 0.326 e. The lowest BCUT2D eigenvalue weighted by Crippen LogP contribution is -2.34. The molecule has 0 heterocycles. The summed E-state index contributed by atoms with van der Waals surface area (Å²) in [6.45, 7) is 6.67. The van der Waals surface area contributed by atoms with Crippen LogP contribution in [0.25, 0.3) is 0 Å². The van der Waals surface area contributed by atoms with E-state index in [4.69, 9.17) is 11.6 Å². The lowest BCUT2D eigenvalue weighted by molar-refractivity contribution is -0.120. The molecule has 3 nitrogen and oxygen atoms in total. The molecule has 0 aromatic heterocycles. The van der Waals surface area contributed by atoms with Crippen molar-refractivity contribution in [2.24, 2.45) is 11.8 Å². The monoisotopic (exact) mass is 268 g/mol. The van der Waals surface area contributed by atoms with Gasteiger partial charge in [0.15, 0.2) is 0 Å². The number of hydrogen-bond acceptors (Lipinski definition) is 2. The quantitative estimate of drug-likeness (QED) is 0.862. The van der Waals surface area contributed by atoms with Gasteiger partial charge in [-0.25, -0.2) is 0 Å². The van der Waals surface area contributed by atoms with Crippen LogP contribution in [-0.2, 0) is 4.79 Å². The summed E-state index contributed by atoms with van der Waals surface area (Å²) in [5, 5.41) is 6.68. The summed E-state index contributed by atoms with van der Waals surface area (Å²) in [6, 6.07) is 5.53. The van der Waals surface area contributed by atoms with Crippen LogP contribution in [0.5, 0.6) is 0 Å². The third kappa shape index (κ3) is 3.72. The molecule has 0 bridgehead atoms. The lowest BCUT2D eigenvalue weighted by atomic mass is 9.94. The molecule has 1 rings (SSSR count). The second kappa shape index (κ2) is 6.76. The molecule has 4 heteroatoms. The fourth-order valence-electron chi connectivity index (χ4n) is 1.82. The van der Waals surface area contributed by atoms with Crippen molar-refractivity contribution < 1.29 is 4.79 Å². The molecule has 0 saturated carbocycles. The van der Waals surface area contributed by atoms with Crippen LogP contribution in [-0.4, -0.2) is 19.5 Å². The number of anilines is 1. The van der Waals surface area contributed by atoms with E-state index in [1.807, 2.05) is 46.0 Å². The van der Waals surface area contributed by atoms with Crippen LogP contribution in [0.2, 0.25) is 5.02 Å². The van der Waals surface area contributed by atoms with Crippen LogP contribution in [0.15, 0.2) is 18.2 Å². The number of hydrogen-bond donors (Lipinski definition) is 2. The number of amides is 1. The Labute approximate surface area is 114 Å². The van der Waals surface area contributed by atoms with Crippen molar-refractivity contribution in [1.29, 1.82) is 0 Å². The Kier molecular flexibility index (Phi) is 5.63. The maximum atomic E-state index is 12.2. The second-order valence-electron chi connectivity index (χ2n) is 4.81. The minimum Gasteiger partial charge on any atom is -0.326 e. The third-order valence-corrected chi connectivity index (χ3v) is 3.50. The topological polar surface area (TPSA) is 41.1 Å². The Bertz CT molecular complexity index is 418. The summed E-state index contributed by atoms with van der Waals surface area (Å²) in [5.74, 6) is 0.273. The molecule has 1 aromatic carbocycles. The van der Waals surface area contributed by atoms with Crippen molar-refractivity contribution >= 4 is 23.2 Å². The molecule has 18 heavy (non-hydrogen) atoms. The van der Waals surface area contributed by atoms with E-state index in [9.17, 15) is 4.79 Å². The molecule has 100 valence electrons. The Morgan fingerprint density at radius 3 is 2.61 bits per heavy atom. The molecule has 0 fully saturated rings. The molecule has 0 radical (unpaired) electrons. The molecular weight excluding hydrogens is 248 g/mol. The smallest absolute Gasteiger partial charge is 0.229 e. The highest BCUT2D eigenvalue weighted by atomic mass is 35.5. The number of benzene rings is 1. The highest BCUT2D eigenvalue weighted by Gasteiger charge is 2.21. The van der Waals surface area contributed by atoms with Crippen molar-refractivity contribution in [3.63, 3.8) is 0 Å². The molecular formula is C14H21ClN2O. The molecule has 0 spiro atoms. The van der Waals surface area contributed by atoms with Gasteiger partial charge in [-0.05, 0) is 37.6 Å². The average Bonchev–Trinajstić information content (AvgIpc) is 2.31. The van der Waals surface area contributed by atoms with Crippen molar-refractivity contribution in [2.75, 3.05) is 18.9 Å². The first-order valence-electron chi connectivity index (χ1n) is 6.18. The van der Waals surface area contributed by atoms with Gasteiger partial charge in [0, 0.05) is 17.3 Å². The van der Waals surface area contributed by atoms with E-state index in [1.165, 1.54) is 0 Å². The zero-order chi connectivity index (χ0) is 13.7. The SMILES string of the molecule is CNCC(C(=O)Nc1cccc(Cl)c1C)C(C)C. The minimum absolute atomic E-state index is 0.0321. The molecule has 0 aliphatic heterocycles. The predicted molar refractivity (Wildman–Crippen MR) is 77.1 cm³/mol. The summed E-state index contributed by atoms with van der Waals surface area (Å²) in [6.07, 6.45) is 0. The van der Waals surface area contributed by atoms with Crippen LogP contribution in [0.3, 0.4) is 0 Å². The highest BCUT2D eigenvalue weighted by molar-refractivity contribution is 6.31. The summed E-state index contributed by atoms with van der Waals surface area (Å²) in [7, 11) is 1.85. The first-order valence-corrected chi connectivity index (χ1v) is 6.55. The summed E-state index contributed by atoms with van der Waals surface area (Å²) in [5.41, 5.74) is 1.69. The van der Waals surface area contributed by atoms with Gasteiger partial charge in [0.25, 0.3) is 0 Å². The fraction of sp³-hybridized carbons (Fsp3) is 0.500.